The summed E-state index contributed by atoms with van der Waals surface area (Å²) in [6, 6.07) is 18.3. The number of hydrogen-bond donors (Lipinski definition) is 3. The molecule has 5 heteroatoms. The van der Waals surface area contributed by atoms with Crippen LogP contribution in [-0.2, 0) is 13.1 Å². The van der Waals surface area contributed by atoms with Gasteiger partial charge < -0.3 is 16.8 Å². The quantitative estimate of drug-likeness (QED) is 0.676. The van der Waals surface area contributed by atoms with Crippen molar-refractivity contribution in [1.29, 1.82) is 0 Å². The lowest BCUT2D eigenvalue weighted by atomic mass is 10.1. The Hall–Kier alpha value is -2.95. The van der Waals surface area contributed by atoms with Crippen molar-refractivity contribution in [2.45, 2.75) is 20.0 Å². The molecule has 0 spiro atoms. The van der Waals surface area contributed by atoms with E-state index in [1.165, 1.54) is 5.56 Å². The molecule has 0 aliphatic rings. The number of rotatable bonds is 5. The number of nitrogens with two attached hydrogens (primary N) is 2. The van der Waals surface area contributed by atoms with Crippen LogP contribution >= 0.6 is 0 Å². The van der Waals surface area contributed by atoms with Gasteiger partial charge in [0.1, 0.15) is 11.5 Å². The van der Waals surface area contributed by atoms with Crippen LogP contribution < -0.4 is 16.8 Å². The van der Waals surface area contributed by atoms with E-state index in [9.17, 15) is 0 Å². The molecular formula is C18H21N5. The molecule has 0 amide bonds. The Labute approximate surface area is 135 Å². The van der Waals surface area contributed by atoms with Crippen LogP contribution in [0.15, 0.2) is 54.6 Å². The molecule has 0 bridgehead atoms. The number of aromatic nitrogens is 2. The number of anilines is 3. The minimum atomic E-state index is 0.510. The van der Waals surface area contributed by atoms with E-state index < -0.39 is 0 Å². The van der Waals surface area contributed by atoms with Crippen molar-refractivity contribution in [3.8, 4) is 0 Å². The van der Waals surface area contributed by atoms with Crippen molar-refractivity contribution in [3.63, 3.8) is 0 Å². The standard InChI is InChI=1S/C18H21N5/c1-13-7-9-14(10-8-13)12-23-18(20)17(19)16(22-23)11-21-15-5-3-2-4-6-15/h2-10,21H,11-12,19-20H2,1H3. The molecular weight excluding hydrogens is 286 g/mol. The van der Waals surface area contributed by atoms with Gasteiger partial charge in [0.15, 0.2) is 0 Å². The summed E-state index contributed by atoms with van der Waals surface area (Å²) in [5.41, 5.74) is 16.9. The fourth-order valence-corrected chi connectivity index (χ4v) is 2.40. The smallest absolute Gasteiger partial charge is 0.145 e. The van der Waals surface area contributed by atoms with Crippen molar-refractivity contribution >= 4 is 17.2 Å². The van der Waals surface area contributed by atoms with Gasteiger partial charge in [-0.25, -0.2) is 4.68 Å². The molecule has 5 nitrogen and oxygen atoms in total. The van der Waals surface area contributed by atoms with Gasteiger partial charge in [0.25, 0.3) is 0 Å². The lowest BCUT2D eigenvalue weighted by molar-refractivity contribution is 0.683. The molecule has 0 saturated heterocycles. The lowest BCUT2D eigenvalue weighted by Crippen LogP contribution is -2.07. The van der Waals surface area contributed by atoms with Gasteiger partial charge >= 0.3 is 0 Å². The van der Waals surface area contributed by atoms with Gasteiger partial charge in [0, 0.05) is 5.69 Å². The summed E-state index contributed by atoms with van der Waals surface area (Å²) in [6.45, 7) is 3.22. The first kappa shape index (κ1) is 15.0. The van der Waals surface area contributed by atoms with Gasteiger partial charge in [-0.05, 0) is 24.6 Å². The maximum absolute atomic E-state index is 6.10. The molecule has 0 atom stereocenters. The highest BCUT2D eigenvalue weighted by Crippen LogP contribution is 2.22. The fourth-order valence-electron chi connectivity index (χ4n) is 2.40. The summed E-state index contributed by atoms with van der Waals surface area (Å²) < 4.78 is 1.75. The van der Waals surface area contributed by atoms with Crippen LogP contribution in [0, 0.1) is 6.92 Å². The Morgan fingerprint density at radius 2 is 1.70 bits per heavy atom. The van der Waals surface area contributed by atoms with Crippen LogP contribution in [0.2, 0.25) is 0 Å². The zero-order valence-corrected chi connectivity index (χ0v) is 13.2. The van der Waals surface area contributed by atoms with Gasteiger partial charge in [0.05, 0.1) is 18.8 Å². The van der Waals surface area contributed by atoms with Gasteiger partial charge in [-0.1, -0.05) is 48.0 Å². The fraction of sp³-hybridized carbons (Fsp3) is 0.167. The van der Waals surface area contributed by atoms with E-state index in [2.05, 4.69) is 41.6 Å². The average Bonchev–Trinajstić information content (AvgIpc) is 2.84. The van der Waals surface area contributed by atoms with Gasteiger partial charge in [0.2, 0.25) is 0 Å². The SMILES string of the molecule is Cc1ccc(Cn2nc(CNc3ccccc3)c(N)c2N)cc1. The summed E-state index contributed by atoms with van der Waals surface area (Å²) in [7, 11) is 0. The molecule has 0 aliphatic carbocycles. The number of benzene rings is 2. The molecule has 0 fully saturated rings. The molecule has 0 saturated carbocycles. The van der Waals surface area contributed by atoms with Crippen LogP contribution in [0.5, 0.6) is 0 Å². The largest absolute Gasteiger partial charge is 0.394 e. The second-order valence-corrected chi connectivity index (χ2v) is 5.61. The number of nitrogens with one attached hydrogen (secondary N) is 1. The van der Waals surface area contributed by atoms with Crippen molar-refractivity contribution in [2.75, 3.05) is 16.8 Å². The average molecular weight is 307 g/mol. The molecule has 0 unspecified atom stereocenters. The Bertz CT molecular complexity index is 775. The third-order valence-corrected chi connectivity index (χ3v) is 3.79. The van der Waals surface area contributed by atoms with Gasteiger partial charge in [-0.2, -0.15) is 5.10 Å². The normalized spacial score (nSPS) is 10.7. The first-order valence-corrected chi connectivity index (χ1v) is 7.58. The molecule has 3 aromatic rings. The molecule has 118 valence electrons. The van der Waals surface area contributed by atoms with Crippen molar-refractivity contribution in [1.82, 2.24) is 9.78 Å². The predicted octanol–water partition coefficient (Wildman–Crippen LogP) is 3.02. The molecule has 0 radical (unpaired) electrons. The lowest BCUT2D eigenvalue weighted by Gasteiger charge is -2.05. The van der Waals surface area contributed by atoms with E-state index in [0.29, 0.717) is 24.6 Å². The number of para-hydroxylation sites is 1. The molecule has 1 heterocycles. The minimum absolute atomic E-state index is 0.510. The first-order chi connectivity index (χ1) is 11.1. The van der Waals surface area contributed by atoms with Crippen LogP contribution in [0.4, 0.5) is 17.2 Å². The van der Waals surface area contributed by atoms with Crippen molar-refractivity contribution in [2.24, 2.45) is 0 Å². The van der Waals surface area contributed by atoms with Crippen LogP contribution in [-0.4, -0.2) is 9.78 Å². The molecule has 2 aromatic carbocycles. The van der Waals surface area contributed by atoms with Crippen molar-refractivity contribution in [3.05, 3.63) is 71.4 Å². The summed E-state index contributed by atoms with van der Waals surface area (Å²) in [5, 5.41) is 7.85. The highest BCUT2D eigenvalue weighted by Gasteiger charge is 2.12. The van der Waals surface area contributed by atoms with Crippen LogP contribution in [0.3, 0.4) is 0 Å². The van der Waals surface area contributed by atoms with E-state index in [0.717, 1.165) is 16.9 Å². The zero-order chi connectivity index (χ0) is 16.2. The maximum Gasteiger partial charge on any atom is 0.145 e. The second kappa shape index (κ2) is 6.44. The van der Waals surface area contributed by atoms with Crippen molar-refractivity contribution < 1.29 is 0 Å². The zero-order valence-electron chi connectivity index (χ0n) is 13.2. The highest BCUT2D eigenvalue weighted by molar-refractivity contribution is 5.63. The molecule has 3 rings (SSSR count). The topological polar surface area (TPSA) is 81.9 Å². The Morgan fingerprint density at radius 1 is 1.00 bits per heavy atom. The van der Waals surface area contributed by atoms with E-state index in [1.54, 1.807) is 4.68 Å². The minimum Gasteiger partial charge on any atom is -0.394 e. The molecule has 23 heavy (non-hydrogen) atoms. The van der Waals surface area contributed by atoms with Gasteiger partial charge in [-0.15, -0.1) is 0 Å². The van der Waals surface area contributed by atoms with Crippen LogP contribution in [0.1, 0.15) is 16.8 Å². The molecule has 0 aliphatic heterocycles. The maximum atomic E-state index is 6.10. The summed E-state index contributed by atoms with van der Waals surface area (Å²) in [4.78, 5) is 0. The highest BCUT2D eigenvalue weighted by atomic mass is 15.3. The number of nitrogens with zero attached hydrogens (tertiary/aromatic N) is 2. The third kappa shape index (κ3) is 3.45. The Morgan fingerprint density at radius 3 is 2.39 bits per heavy atom. The summed E-state index contributed by atoms with van der Waals surface area (Å²) >= 11 is 0. The number of aryl methyl sites for hydroxylation is 1. The second-order valence-electron chi connectivity index (χ2n) is 5.61. The Balaban J connectivity index is 1.74. The van der Waals surface area contributed by atoms with E-state index >= 15 is 0 Å². The predicted molar refractivity (Wildman–Crippen MR) is 95.1 cm³/mol. The third-order valence-electron chi connectivity index (χ3n) is 3.79. The van der Waals surface area contributed by atoms with Crippen LogP contribution in [0.25, 0.3) is 0 Å². The van der Waals surface area contributed by atoms with Gasteiger partial charge in [-0.3, -0.25) is 0 Å². The molecule has 5 N–H and O–H groups in total. The summed E-state index contributed by atoms with van der Waals surface area (Å²) in [6.07, 6.45) is 0. The monoisotopic (exact) mass is 307 g/mol. The van der Waals surface area contributed by atoms with E-state index in [-0.39, 0.29) is 0 Å². The number of nitrogen functional groups attached to an aromatic ring is 2. The van der Waals surface area contributed by atoms with E-state index in [4.69, 9.17) is 11.5 Å². The first-order valence-electron chi connectivity index (χ1n) is 7.58. The summed E-state index contributed by atoms with van der Waals surface area (Å²) in [5.74, 6) is 0.510. The van der Waals surface area contributed by atoms with E-state index in [1.807, 2.05) is 30.3 Å². The molecule has 1 aromatic heterocycles. The number of hydrogen-bond acceptors (Lipinski definition) is 4. The Kier molecular flexibility index (Phi) is 4.19.